The van der Waals surface area contributed by atoms with Gasteiger partial charge in [0.2, 0.25) is 0 Å². The highest BCUT2D eigenvalue weighted by molar-refractivity contribution is 9.10. The number of benzene rings is 4. The summed E-state index contributed by atoms with van der Waals surface area (Å²) in [6.07, 6.45) is 0. The molecule has 4 aromatic rings. The molecule has 0 aliphatic carbocycles. The van der Waals surface area contributed by atoms with Crippen molar-refractivity contribution in [2.24, 2.45) is 0 Å². The van der Waals surface area contributed by atoms with Gasteiger partial charge in [-0.25, -0.2) is 8.42 Å². The Kier molecular flexibility index (Phi) is 8.15. The van der Waals surface area contributed by atoms with Crippen molar-refractivity contribution in [1.82, 2.24) is 0 Å². The number of ether oxygens (including phenoxy) is 2. The van der Waals surface area contributed by atoms with Crippen LogP contribution in [0.3, 0.4) is 0 Å². The summed E-state index contributed by atoms with van der Waals surface area (Å²) < 4.78 is 41.5. The topological polar surface area (TPSA) is 95.8 Å². The molecule has 4 aromatic carbocycles. The Labute approximate surface area is 224 Å². The van der Waals surface area contributed by atoms with Crippen LogP contribution in [0.25, 0.3) is 4.72 Å². The average Bonchev–Trinajstić information content (AvgIpc) is 2.89. The van der Waals surface area contributed by atoms with E-state index in [9.17, 15) is 13.2 Å². The summed E-state index contributed by atoms with van der Waals surface area (Å²) in [5, 5.41) is 2.79. The van der Waals surface area contributed by atoms with Gasteiger partial charge in [-0.15, -0.1) is 5.69 Å². The second kappa shape index (κ2) is 11.5. The van der Waals surface area contributed by atoms with Crippen LogP contribution in [0, 0.1) is 6.92 Å². The SMILES string of the molecule is COc1ccc(C(=O)Nc2ccc(S(=O)(=O)[N-]c3ccccc3C)cc2)cc1COc1ccccc1Br. The Morgan fingerprint density at radius 3 is 2.32 bits per heavy atom. The highest BCUT2D eigenvalue weighted by atomic mass is 79.9. The van der Waals surface area contributed by atoms with Gasteiger partial charge in [-0.05, 0) is 77.5 Å². The van der Waals surface area contributed by atoms with Gasteiger partial charge in [-0.1, -0.05) is 42.0 Å². The number of para-hydroxylation sites is 1. The van der Waals surface area contributed by atoms with Crippen LogP contribution in [0.5, 0.6) is 11.5 Å². The van der Waals surface area contributed by atoms with Crippen molar-refractivity contribution in [2.75, 3.05) is 12.4 Å². The van der Waals surface area contributed by atoms with Gasteiger partial charge in [0.05, 0.1) is 16.5 Å². The number of halogens is 1. The number of sulfonamides is 1. The monoisotopic (exact) mass is 579 g/mol. The fourth-order valence-electron chi connectivity index (χ4n) is 3.51. The van der Waals surface area contributed by atoms with E-state index < -0.39 is 10.0 Å². The lowest BCUT2D eigenvalue weighted by atomic mass is 10.1. The molecule has 0 saturated heterocycles. The molecule has 0 radical (unpaired) electrons. The Morgan fingerprint density at radius 2 is 1.62 bits per heavy atom. The molecule has 9 heteroatoms. The molecule has 0 aromatic heterocycles. The lowest BCUT2D eigenvalue weighted by Crippen LogP contribution is -2.13. The zero-order chi connectivity index (χ0) is 26.4. The van der Waals surface area contributed by atoms with Gasteiger partial charge in [-0.2, -0.15) is 0 Å². The van der Waals surface area contributed by atoms with E-state index in [0.717, 1.165) is 10.0 Å². The van der Waals surface area contributed by atoms with E-state index in [2.05, 4.69) is 26.0 Å². The fraction of sp³-hybridized carbons (Fsp3) is 0.107. The minimum Gasteiger partial charge on any atom is -0.572 e. The van der Waals surface area contributed by atoms with Gasteiger partial charge < -0.3 is 19.5 Å². The minimum absolute atomic E-state index is 0.0321. The molecule has 0 saturated carbocycles. The molecule has 0 unspecified atom stereocenters. The molecule has 0 atom stereocenters. The standard InChI is InChI=1S/C28H24BrN2O5S/c1-19-7-3-5-9-25(19)31-37(33,34)23-14-12-22(13-15-23)30-28(32)20-11-16-26(35-2)21(17-20)18-36-27-10-6-4-8-24(27)29/h3-17H,18H2,1-2H3,(H,30,32)/q-1. The molecular weight excluding hydrogens is 556 g/mol. The van der Waals surface area contributed by atoms with Crippen molar-refractivity contribution in [3.63, 3.8) is 0 Å². The van der Waals surface area contributed by atoms with Gasteiger partial charge in [0, 0.05) is 16.8 Å². The van der Waals surface area contributed by atoms with Crippen LogP contribution in [0.4, 0.5) is 11.4 Å². The first-order valence-corrected chi connectivity index (χ1v) is 13.5. The van der Waals surface area contributed by atoms with Gasteiger partial charge in [-0.3, -0.25) is 4.79 Å². The molecule has 0 spiro atoms. The number of amides is 1. The molecule has 1 amide bonds. The summed E-state index contributed by atoms with van der Waals surface area (Å²) in [7, 11) is -2.34. The summed E-state index contributed by atoms with van der Waals surface area (Å²) in [5.41, 5.74) is 2.69. The van der Waals surface area contributed by atoms with E-state index in [0.29, 0.717) is 34.0 Å². The largest absolute Gasteiger partial charge is 0.572 e. The molecule has 1 N–H and O–H groups in total. The summed E-state index contributed by atoms with van der Waals surface area (Å²) in [6, 6.07) is 25.4. The highest BCUT2D eigenvalue weighted by Gasteiger charge is 2.13. The molecule has 7 nitrogen and oxygen atoms in total. The zero-order valence-corrected chi connectivity index (χ0v) is 22.5. The van der Waals surface area contributed by atoms with Crippen LogP contribution in [0.15, 0.2) is 100 Å². The highest BCUT2D eigenvalue weighted by Crippen LogP contribution is 2.31. The normalized spacial score (nSPS) is 11.0. The van der Waals surface area contributed by atoms with Crippen molar-refractivity contribution in [3.8, 4) is 11.5 Å². The Bertz CT molecular complexity index is 1520. The second-order valence-corrected chi connectivity index (χ2v) is 10.5. The quantitative estimate of drug-likeness (QED) is 0.230. The molecule has 0 aliphatic rings. The minimum atomic E-state index is -3.90. The third-order valence-electron chi connectivity index (χ3n) is 5.51. The van der Waals surface area contributed by atoms with Crippen molar-refractivity contribution in [2.45, 2.75) is 18.4 Å². The maximum atomic E-state index is 12.9. The van der Waals surface area contributed by atoms with Crippen molar-refractivity contribution in [3.05, 3.63) is 117 Å². The van der Waals surface area contributed by atoms with E-state index in [4.69, 9.17) is 9.47 Å². The van der Waals surface area contributed by atoms with Crippen LogP contribution < -0.4 is 14.8 Å². The first kappa shape index (κ1) is 26.2. The summed E-state index contributed by atoms with van der Waals surface area (Å²) in [6.45, 7) is 1.99. The number of methoxy groups -OCH3 is 1. The first-order valence-electron chi connectivity index (χ1n) is 11.3. The lowest BCUT2D eigenvalue weighted by Gasteiger charge is -2.24. The molecule has 0 heterocycles. The van der Waals surface area contributed by atoms with Crippen LogP contribution in [0.1, 0.15) is 21.5 Å². The number of aryl methyl sites for hydroxylation is 1. The number of rotatable bonds is 9. The summed E-state index contributed by atoms with van der Waals surface area (Å²) >= 11 is 3.45. The number of nitrogens with zero attached hydrogens (tertiary/aromatic N) is 1. The maximum Gasteiger partial charge on any atom is 0.255 e. The Morgan fingerprint density at radius 1 is 0.919 bits per heavy atom. The average molecular weight is 580 g/mol. The number of carbonyl (C=O) groups excluding carboxylic acids is 1. The van der Waals surface area contributed by atoms with Crippen LogP contribution in [0.2, 0.25) is 0 Å². The van der Waals surface area contributed by atoms with E-state index in [1.165, 1.54) is 24.3 Å². The van der Waals surface area contributed by atoms with Gasteiger partial charge in [0.25, 0.3) is 5.91 Å². The third-order valence-corrected chi connectivity index (χ3v) is 7.47. The molecule has 0 bridgehead atoms. The van der Waals surface area contributed by atoms with Gasteiger partial charge >= 0.3 is 0 Å². The van der Waals surface area contributed by atoms with Crippen LogP contribution in [-0.2, 0) is 16.6 Å². The molecule has 37 heavy (non-hydrogen) atoms. The van der Waals surface area contributed by atoms with Crippen LogP contribution in [-0.4, -0.2) is 21.4 Å². The number of hydrogen-bond acceptors (Lipinski definition) is 5. The van der Waals surface area contributed by atoms with Crippen molar-refractivity contribution < 1.29 is 22.7 Å². The predicted molar refractivity (Wildman–Crippen MR) is 147 cm³/mol. The first-order chi connectivity index (χ1) is 17.8. The van der Waals surface area contributed by atoms with Gasteiger partial charge in [0.1, 0.15) is 28.1 Å². The lowest BCUT2D eigenvalue weighted by molar-refractivity contribution is 0.102. The predicted octanol–water partition coefficient (Wildman–Crippen LogP) is 6.99. The zero-order valence-electron chi connectivity index (χ0n) is 20.1. The third kappa shape index (κ3) is 6.49. The molecular formula is C28H24BrN2O5S-. The number of nitrogens with one attached hydrogen (secondary N) is 1. The summed E-state index contributed by atoms with van der Waals surface area (Å²) in [5.74, 6) is 0.907. The fourth-order valence-corrected chi connectivity index (χ4v) is 4.96. The van der Waals surface area contributed by atoms with E-state index in [1.54, 1.807) is 50.4 Å². The van der Waals surface area contributed by atoms with E-state index in [-0.39, 0.29) is 17.4 Å². The van der Waals surface area contributed by atoms with Crippen LogP contribution >= 0.6 is 15.9 Å². The number of carbonyl (C=O) groups is 1. The smallest absolute Gasteiger partial charge is 0.255 e. The molecule has 0 aliphatic heterocycles. The van der Waals surface area contributed by atoms with Crippen molar-refractivity contribution >= 4 is 43.2 Å². The molecule has 190 valence electrons. The second-order valence-electron chi connectivity index (χ2n) is 8.08. The Balaban J connectivity index is 1.46. The summed E-state index contributed by atoms with van der Waals surface area (Å²) in [4.78, 5) is 12.9. The van der Waals surface area contributed by atoms with Gasteiger partial charge in [0.15, 0.2) is 0 Å². The molecule has 0 fully saturated rings. The number of anilines is 1. The van der Waals surface area contributed by atoms with E-state index >= 15 is 0 Å². The number of hydrogen-bond donors (Lipinski definition) is 1. The molecule has 4 rings (SSSR count). The Hall–Kier alpha value is -3.82. The van der Waals surface area contributed by atoms with Crippen molar-refractivity contribution in [1.29, 1.82) is 0 Å². The maximum absolute atomic E-state index is 12.9. The van der Waals surface area contributed by atoms with E-state index in [1.807, 2.05) is 30.3 Å².